The number of imide groups is 1. The van der Waals surface area contributed by atoms with Gasteiger partial charge in [0.2, 0.25) is 5.91 Å². The molecule has 0 aromatic heterocycles. The highest BCUT2D eigenvalue weighted by molar-refractivity contribution is 9.10. The van der Waals surface area contributed by atoms with Crippen molar-refractivity contribution in [3.8, 4) is 0 Å². The summed E-state index contributed by atoms with van der Waals surface area (Å²) in [5, 5.41) is 3.00. The molecule has 2 aromatic carbocycles. The van der Waals surface area contributed by atoms with Gasteiger partial charge in [0.05, 0.1) is 21.8 Å². The molecule has 3 rings (SSSR count). The Hall–Kier alpha value is -2.18. The summed E-state index contributed by atoms with van der Waals surface area (Å²) in [6.07, 6.45) is 0. The molecule has 122 valence electrons. The van der Waals surface area contributed by atoms with Gasteiger partial charge in [0.25, 0.3) is 11.8 Å². The summed E-state index contributed by atoms with van der Waals surface area (Å²) < 4.78 is 0.777. The van der Waals surface area contributed by atoms with Crippen molar-refractivity contribution in [1.29, 1.82) is 0 Å². The van der Waals surface area contributed by atoms with Gasteiger partial charge in [-0.1, -0.05) is 39.7 Å². The van der Waals surface area contributed by atoms with Crippen LogP contribution in [0.15, 0.2) is 46.9 Å². The van der Waals surface area contributed by atoms with Crippen molar-refractivity contribution >= 4 is 50.9 Å². The van der Waals surface area contributed by atoms with E-state index in [9.17, 15) is 14.4 Å². The molecule has 1 N–H and O–H groups in total. The lowest BCUT2D eigenvalue weighted by molar-refractivity contribution is -0.119. The van der Waals surface area contributed by atoms with E-state index in [0.29, 0.717) is 21.8 Å². The van der Waals surface area contributed by atoms with Crippen molar-refractivity contribution in [2.45, 2.75) is 13.0 Å². The van der Waals surface area contributed by atoms with E-state index < -0.39 is 23.8 Å². The highest BCUT2D eigenvalue weighted by atomic mass is 79.9. The first-order chi connectivity index (χ1) is 11.4. The predicted octanol–water partition coefficient (Wildman–Crippen LogP) is 3.73. The first kappa shape index (κ1) is 16.7. The Balaban J connectivity index is 1.82. The van der Waals surface area contributed by atoms with Crippen LogP contribution in [-0.4, -0.2) is 28.7 Å². The molecule has 5 nitrogen and oxygen atoms in total. The number of amides is 3. The zero-order valence-corrected chi connectivity index (χ0v) is 14.9. The third-order valence-electron chi connectivity index (χ3n) is 3.78. The van der Waals surface area contributed by atoms with Gasteiger partial charge in [-0.05, 0) is 37.3 Å². The molecule has 0 fully saturated rings. The van der Waals surface area contributed by atoms with E-state index in [1.54, 1.807) is 42.5 Å². The van der Waals surface area contributed by atoms with Crippen molar-refractivity contribution in [1.82, 2.24) is 4.90 Å². The lowest BCUT2D eigenvalue weighted by Gasteiger charge is -2.22. The number of carbonyl (C=O) groups is 3. The number of carbonyl (C=O) groups excluding carboxylic acids is 3. The SMILES string of the molecule is C[C@H](C(=O)Nc1ccc(Br)cc1Cl)N1C(=O)c2ccccc2C1=O. The largest absolute Gasteiger partial charge is 0.323 e. The number of hydrogen-bond donors (Lipinski definition) is 1. The summed E-state index contributed by atoms with van der Waals surface area (Å²) in [6.45, 7) is 1.50. The second-order valence-electron chi connectivity index (χ2n) is 5.32. The molecule has 0 saturated heterocycles. The van der Waals surface area contributed by atoms with E-state index >= 15 is 0 Å². The van der Waals surface area contributed by atoms with E-state index in [2.05, 4.69) is 21.2 Å². The molecule has 0 saturated carbocycles. The molecular weight excluding hydrogens is 396 g/mol. The van der Waals surface area contributed by atoms with E-state index in [0.717, 1.165) is 9.37 Å². The maximum atomic E-state index is 12.5. The molecule has 1 aliphatic heterocycles. The molecule has 2 aromatic rings. The summed E-state index contributed by atoms with van der Waals surface area (Å²) in [4.78, 5) is 38.2. The van der Waals surface area contributed by atoms with Crippen molar-refractivity contribution in [2.75, 3.05) is 5.32 Å². The van der Waals surface area contributed by atoms with Crippen LogP contribution in [0.2, 0.25) is 5.02 Å². The number of rotatable bonds is 3. The van der Waals surface area contributed by atoms with E-state index in [-0.39, 0.29) is 0 Å². The van der Waals surface area contributed by atoms with E-state index in [4.69, 9.17) is 11.6 Å². The zero-order valence-electron chi connectivity index (χ0n) is 12.5. The normalized spacial score (nSPS) is 14.5. The van der Waals surface area contributed by atoms with Gasteiger partial charge in [0.1, 0.15) is 6.04 Å². The number of fused-ring (bicyclic) bond motifs is 1. The van der Waals surface area contributed by atoms with Gasteiger partial charge in [-0.2, -0.15) is 0 Å². The van der Waals surface area contributed by atoms with Gasteiger partial charge in [-0.15, -0.1) is 0 Å². The average Bonchev–Trinajstić information content (AvgIpc) is 2.81. The summed E-state index contributed by atoms with van der Waals surface area (Å²) >= 11 is 9.36. The molecule has 0 radical (unpaired) electrons. The van der Waals surface area contributed by atoms with E-state index in [1.165, 1.54) is 6.92 Å². The van der Waals surface area contributed by atoms with Gasteiger partial charge in [0, 0.05) is 4.47 Å². The number of nitrogens with one attached hydrogen (secondary N) is 1. The van der Waals surface area contributed by atoms with Crippen molar-refractivity contribution in [2.24, 2.45) is 0 Å². The Morgan fingerprint density at radius 1 is 1.12 bits per heavy atom. The topological polar surface area (TPSA) is 66.5 Å². The maximum absolute atomic E-state index is 12.5. The van der Waals surface area contributed by atoms with Crippen molar-refractivity contribution in [3.63, 3.8) is 0 Å². The van der Waals surface area contributed by atoms with Crippen molar-refractivity contribution in [3.05, 3.63) is 63.1 Å². The number of anilines is 1. The highest BCUT2D eigenvalue weighted by Crippen LogP contribution is 2.28. The number of benzene rings is 2. The Labute approximate surface area is 151 Å². The predicted molar refractivity (Wildman–Crippen MR) is 94.2 cm³/mol. The van der Waals surface area contributed by atoms with Crippen LogP contribution in [0, 0.1) is 0 Å². The molecule has 1 atom stereocenters. The monoisotopic (exact) mass is 406 g/mol. The summed E-state index contributed by atoms with van der Waals surface area (Å²) in [5.74, 6) is -1.44. The quantitative estimate of drug-likeness (QED) is 0.789. The fourth-order valence-electron chi connectivity index (χ4n) is 2.50. The summed E-state index contributed by atoms with van der Waals surface area (Å²) in [7, 11) is 0. The van der Waals surface area contributed by atoms with Crippen LogP contribution >= 0.6 is 27.5 Å². The van der Waals surface area contributed by atoms with Gasteiger partial charge in [-0.25, -0.2) is 0 Å². The molecule has 7 heteroatoms. The smallest absolute Gasteiger partial charge is 0.262 e. The Morgan fingerprint density at radius 3 is 2.25 bits per heavy atom. The average molecular weight is 408 g/mol. The Kier molecular flexibility index (Phi) is 4.43. The van der Waals surface area contributed by atoms with Crippen LogP contribution in [0.1, 0.15) is 27.6 Å². The van der Waals surface area contributed by atoms with Crippen LogP contribution in [0.4, 0.5) is 5.69 Å². The van der Waals surface area contributed by atoms with Gasteiger partial charge in [-0.3, -0.25) is 19.3 Å². The molecule has 0 unspecified atom stereocenters. The Bertz CT molecular complexity index is 834. The molecule has 1 heterocycles. The Morgan fingerprint density at radius 2 is 1.71 bits per heavy atom. The lowest BCUT2D eigenvalue weighted by Crippen LogP contribution is -2.45. The summed E-state index contributed by atoms with van der Waals surface area (Å²) in [6, 6.07) is 10.6. The van der Waals surface area contributed by atoms with E-state index in [1.807, 2.05) is 0 Å². The molecule has 1 aliphatic rings. The van der Waals surface area contributed by atoms with Crippen LogP contribution in [0.3, 0.4) is 0 Å². The van der Waals surface area contributed by atoms with Gasteiger partial charge in [0.15, 0.2) is 0 Å². The summed E-state index contributed by atoms with van der Waals surface area (Å²) in [5.41, 5.74) is 1.03. The minimum atomic E-state index is -0.961. The number of halogens is 2. The number of hydrogen-bond acceptors (Lipinski definition) is 3. The maximum Gasteiger partial charge on any atom is 0.262 e. The molecule has 0 spiro atoms. The minimum Gasteiger partial charge on any atom is -0.323 e. The minimum absolute atomic E-state index is 0.309. The lowest BCUT2D eigenvalue weighted by atomic mass is 10.1. The molecular formula is C17H12BrClN2O3. The standard InChI is InChI=1S/C17H12BrClN2O3/c1-9(15(22)20-14-7-6-10(18)8-13(14)19)21-16(23)11-4-2-3-5-12(11)17(21)24/h2-9H,1H3,(H,20,22)/t9-/m1/s1. The fraction of sp³-hybridized carbons (Fsp3) is 0.118. The number of nitrogens with zero attached hydrogens (tertiary/aromatic N) is 1. The van der Waals surface area contributed by atoms with Gasteiger partial charge >= 0.3 is 0 Å². The molecule has 0 bridgehead atoms. The van der Waals surface area contributed by atoms with Crippen LogP contribution in [0.25, 0.3) is 0 Å². The third-order valence-corrected chi connectivity index (χ3v) is 4.59. The van der Waals surface area contributed by atoms with Gasteiger partial charge < -0.3 is 5.32 Å². The first-order valence-corrected chi connectivity index (χ1v) is 8.30. The fourth-order valence-corrected chi connectivity index (χ4v) is 3.23. The van der Waals surface area contributed by atoms with Crippen LogP contribution < -0.4 is 5.32 Å². The third kappa shape index (κ3) is 2.83. The second kappa shape index (κ2) is 6.37. The molecule has 0 aliphatic carbocycles. The first-order valence-electron chi connectivity index (χ1n) is 7.13. The zero-order chi connectivity index (χ0) is 17.4. The van der Waals surface area contributed by atoms with Crippen LogP contribution in [-0.2, 0) is 4.79 Å². The molecule has 24 heavy (non-hydrogen) atoms. The second-order valence-corrected chi connectivity index (χ2v) is 6.64. The van der Waals surface area contributed by atoms with Crippen molar-refractivity contribution < 1.29 is 14.4 Å². The van der Waals surface area contributed by atoms with Crippen LogP contribution in [0.5, 0.6) is 0 Å². The highest BCUT2D eigenvalue weighted by Gasteiger charge is 2.40. The molecule has 3 amide bonds.